The van der Waals surface area contributed by atoms with E-state index < -0.39 is 0 Å². The Labute approximate surface area is 119 Å². The first-order valence-corrected chi connectivity index (χ1v) is 6.67. The Bertz CT molecular complexity index is 526. The van der Waals surface area contributed by atoms with Gasteiger partial charge in [-0.2, -0.15) is 5.10 Å². The van der Waals surface area contributed by atoms with Gasteiger partial charge in [-0.25, -0.2) is 0 Å². The van der Waals surface area contributed by atoms with E-state index in [0.29, 0.717) is 0 Å². The summed E-state index contributed by atoms with van der Waals surface area (Å²) >= 11 is 0. The third kappa shape index (κ3) is 3.51. The van der Waals surface area contributed by atoms with E-state index in [0.717, 1.165) is 30.2 Å². The third-order valence-corrected chi connectivity index (χ3v) is 3.25. The Hall–Kier alpha value is -2.01. The van der Waals surface area contributed by atoms with Gasteiger partial charge in [-0.1, -0.05) is 0 Å². The number of hydrogen-bond acceptors (Lipinski definition) is 4. The topological polar surface area (TPSA) is 48.3 Å². The fourth-order valence-corrected chi connectivity index (χ4v) is 2.12. The first kappa shape index (κ1) is 14.4. The number of methoxy groups -OCH3 is 2. The predicted octanol–water partition coefficient (Wildman–Crippen LogP) is 2.25. The van der Waals surface area contributed by atoms with Crippen molar-refractivity contribution in [2.45, 2.75) is 19.5 Å². The fourth-order valence-electron chi connectivity index (χ4n) is 2.12. The van der Waals surface area contributed by atoms with Crippen molar-refractivity contribution in [3.05, 3.63) is 42.2 Å². The Kier molecular flexibility index (Phi) is 5.01. The number of rotatable bonds is 7. The van der Waals surface area contributed by atoms with E-state index in [1.807, 2.05) is 35.1 Å². The molecule has 1 aromatic carbocycles. The zero-order valence-electron chi connectivity index (χ0n) is 12.2. The largest absolute Gasteiger partial charge is 0.497 e. The minimum Gasteiger partial charge on any atom is -0.497 e. The number of nitrogens with one attached hydrogen (secondary N) is 1. The fraction of sp³-hybridized carbons (Fsp3) is 0.400. The minimum atomic E-state index is 0.176. The van der Waals surface area contributed by atoms with Crippen molar-refractivity contribution in [3.8, 4) is 11.5 Å². The van der Waals surface area contributed by atoms with Crippen LogP contribution >= 0.6 is 0 Å². The lowest BCUT2D eigenvalue weighted by molar-refractivity contribution is 0.390. The van der Waals surface area contributed by atoms with Crippen LogP contribution in [0.1, 0.15) is 18.5 Å². The molecule has 5 nitrogen and oxygen atoms in total. The molecule has 108 valence electrons. The second-order valence-corrected chi connectivity index (χ2v) is 4.55. The molecule has 2 rings (SSSR count). The second-order valence-electron chi connectivity index (χ2n) is 4.55. The number of ether oxygens (including phenoxy) is 2. The molecular formula is C15H21N3O2. The molecule has 0 radical (unpaired) electrons. The summed E-state index contributed by atoms with van der Waals surface area (Å²) in [5.41, 5.74) is 1.09. The SMILES string of the molecule is COc1ccc(OC)c(C(C)NCCn2cccn2)c1. The summed E-state index contributed by atoms with van der Waals surface area (Å²) in [4.78, 5) is 0. The molecule has 5 heteroatoms. The molecule has 1 heterocycles. The number of hydrogen-bond donors (Lipinski definition) is 1. The molecule has 0 fully saturated rings. The van der Waals surface area contributed by atoms with Crippen LogP contribution in [-0.2, 0) is 6.54 Å². The first-order chi connectivity index (χ1) is 9.74. The Morgan fingerprint density at radius 3 is 2.80 bits per heavy atom. The van der Waals surface area contributed by atoms with Gasteiger partial charge in [0, 0.05) is 30.5 Å². The summed E-state index contributed by atoms with van der Waals surface area (Å²) in [7, 11) is 3.35. The Balaban J connectivity index is 1.98. The first-order valence-electron chi connectivity index (χ1n) is 6.67. The summed E-state index contributed by atoms with van der Waals surface area (Å²) in [5, 5.41) is 7.65. The summed E-state index contributed by atoms with van der Waals surface area (Å²) in [6.45, 7) is 3.78. The highest BCUT2D eigenvalue weighted by Crippen LogP contribution is 2.28. The second kappa shape index (κ2) is 6.96. The number of benzene rings is 1. The maximum Gasteiger partial charge on any atom is 0.123 e. The van der Waals surface area contributed by atoms with Gasteiger partial charge in [-0.15, -0.1) is 0 Å². The van der Waals surface area contributed by atoms with Gasteiger partial charge in [0.1, 0.15) is 11.5 Å². The van der Waals surface area contributed by atoms with Gasteiger partial charge in [0.2, 0.25) is 0 Å². The van der Waals surface area contributed by atoms with Gasteiger partial charge < -0.3 is 14.8 Å². The maximum absolute atomic E-state index is 5.41. The zero-order chi connectivity index (χ0) is 14.4. The van der Waals surface area contributed by atoms with Gasteiger partial charge in [0.15, 0.2) is 0 Å². The average molecular weight is 275 g/mol. The lowest BCUT2D eigenvalue weighted by Gasteiger charge is -2.18. The Morgan fingerprint density at radius 1 is 1.30 bits per heavy atom. The van der Waals surface area contributed by atoms with Gasteiger partial charge in [0.05, 0.1) is 20.8 Å². The van der Waals surface area contributed by atoms with E-state index in [1.165, 1.54) is 0 Å². The van der Waals surface area contributed by atoms with Crippen molar-refractivity contribution in [2.24, 2.45) is 0 Å². The third-order valence-electron chi connectivity index (χ3n) is 3.25. The molecule has 1 aromatic heterocycles. The molecule has 1 atom stereocenters. The van der Waals surface area contributed by atoms with Crippen LogP contribution in [0.2, 0.25) is 0 Å². The van der Waals surface area contributed by atoms with Gasteiger partial charge in [-0.3, -0.25) is 4.68 Å². The van der Waals surface area contributed by atoms with Gasteiger partial charge in [-0.05, 0) is 31.2 Å². The molecule has 0 saturated carbocycles. The molecular weight excluding hydrogens is 254 g/mol. The highest BCUT2D eigenvalue weighted by Gasteiger charge is 2.12. The number of aromatic nitrogens is 2. The average Bonchev–Trinajstić information content (AvgIpc) is 2.99. The lowest BCUT2D eigenvalue weighted by atomic mass is 10.1. The van der Waals surface area contributed by atoms with Gasteiger partial charge >= 0.3 is 0 Å². The summed E-state index contributed by atoms with van der Waals surface area (Å²) < 4.78 is 12.6. The van der Waals surface area contributed by atoms with Crippen LogP contribution in [0.4, 0.5) is 0 Å². The van der Waals surface area contributed by atoms with E-state index in [-0.39, 0.29) is 6.04 Å². The van der Waals surface area contributed by atoms with Crippen molar-refractivity contribution < 1.29 is 9.47 Å². The summed E-state index contributed by atoms with van der Waals surface area (Å²) in [5.74, 6) is 1.70. The molecule has 1 unspecified atom stereocenters. The van der Waals surface area contributed by atoms with Crippen molar-refractivity contribution in [3.63, 3.8) is 0 Å². The quantitative estimate of drug-likeness (QED) is 0.842. The van der Waals surface area contributed by atoms with Crippen LogP contribution in [0.5, 0.6) is 11.5 Å². The van der Waals surface area contributed by atoms with Gasteiger partial charge in [0.25, 0.3) is 0 Å². The zero-order valence-corrected chi connectivity index (χ0v) is 12.2. The monoisotopic (exact) mass is 275 g/mol. The summed E-state index contributed by atoms with van der Waals surface area (Å²) in [6, 6.07) is 7.94. The molecule has 0 aliphatic heterocycles. The minimum absolute atomic E-state index is 0.176. The molecule has 0 bridgehead atoms. The van der Waals surface area contributed by atoms with Crippen LogP contribution in [0.15, 0.2) is 36.7 Å². The van der Waals surface area contributed by atoms with Crippen LogP contribution in [0.25, 0.3) is 0 Å². The van der Waals surface area contributed by atoms with Crippen molar-refractivity contribution in [1.82, 2.24) is 15.1 Å². The molecule has 0 aliphatic carbocycles. The molecule has 2 aromatic rings. The highest BCUT2D eigenvalue weighted by molar-refractivity contribution is 5.42. The van der Waals surface area contributed by atoms with E-state index >= 15 is 0 Å². The van der Waals surface area contributed by atoms with E-state index in [9.17, 15) is 0 Å². The molecule has 0 spiro atoms. The van der Waals surface area contributed by atoms with Crippen molar-refractivity contribution in [2.75, 3.05) is 20.8 Å². The molecule has 0 amide bonds. The van der Waals surface area contributed by atoms with E-state index in [1.54, 1.807) is 20.4 Å². The number of nitrogens with zero attached hydrogens (tertiary/aromatic N) is 2. The Morgan fingerprint density at radius 2 is 2.15 bits per heavy atom. The molecule has 0 saturated heterocycles. The maximum atomic E-state index is 5.41. The highest BCUT2D eigenvalue weighted by atomic mass is 16.5. The normalized spacial score (nSPS) is 12.2. The van der Waals surface area contributed by atoms with E-state index in [4.69, 9.17) is 9.47 Å². The van der Waals surface area contributed by atoms with Crippen LogP contribution in [-0.4, -0.2) is 30.5 Å². The van der Waals surface area contributed by atoms with Crippen LogP contribution < -0.4 is 14.8 Å². The predicted molar refractivity (Wildman–Crippen MR) is 78.2 cm³/mol. The molecule has 0 aliphatic rings. The van der Waals surface area contributed by atoms with Crippen molar-refractivity contribution in [1.29, 1.82) is 0 Å². The smallest absolute Gasteiger partial charge is 0.123 e. The standard InChI is InChI=1S/C15H21N3O2/c1-12(16-8-10-18-9-4-7-17-18)14-11-13(19-2)5-6-15(14)20-3/h4-7,9,11-12,16H,8,10H2,1-3H3. The van der Waals surface area contributed by atoms with E-state index in [2.05, 4.69) is 17.3 Å². The lowest BCUT2D eigenvalue weighted by Crippen LogP contribution is -2.24. The van der Waals surface area contributed by atoms with Crippen LogP contribution in [0, 0.1) is 0 Å². The van der Waals surface area contributed by atoms with Crippen molar-refractivity contribution >= 4 is 0 Å². The molecule has 1 N–H and O–H groups in total. The van der Waals surface area contributed by atoms with Crippen LogP contribution in [0.3, 0.4) is 0 Å². The summed E-state index contributed by atoms with van der Waals surface area (Å²) in [6.07, 6.45) is 3.74. The molecule has 20 heavy (non-hydrogen) atoms.